The first-order valence-corrected chi connectivity index (χ1v) is 17.4. The van der Waals surface area contributed by atoms with E-state index in [9.17, 15) is 4.79 Å². The van der Waals surface area contributed by atoms with Gasteiger partial charge < -0.3 is 29.0 Å². The molecule has 0 aromatic rings. The SMILES string of the molecule is C[C@H]1[C@@H](C2NC(=O)OC2[C@H]2O[C@@H]3O[C@]4(C)CC[C@H]5[C@H](C)CC[C@@H]([C@H]2C)[C@@]35OO4)O[C@@H]2O[C@]3(C)CC[C@H]4[C@H](C)CC[C@@H]1[C@@]24OO3. The maximum Gasteiger partial charge on any atom is 0.408 e. The van der Waals surface area contributed by atoms with Gasteiger partial charge in [0.15, 0.2) is 29.9 Å². The quantitative estimate of drug-likeness (QED) is 0.426. The Labute approximate surface area is 259 Å². The Hall–Kier alpha value is -1.05. The van der Waals surface area contributed by atoms with Crippen molar-refractivity contribution in [2.45, 2.75) is 153 Å². The van der Waals surface area contributed by atoms with Crippen molar-refractivity contribution < 1.29 is 48.0 Å². The van der Waals surface area contributed by atoms with Crippen molar-refractivity contribution in [2.24, 2.45) is 47.3 Å². The van der Waals surface area contributed by atoms with Crippen LogP contribution >= 0.6 is 0 Å². The summed E-state index contributed by atoms with van der Waals surface area (Å²) in [5, 5.41) is 3.16. The van der Waals surface area contributed by atoms with E-state index in [1.165, 1.54) is 0 Å². The van der Waals surface area contributed by atoms with Gasteiger partial charge in [0.25, 0.3) is 0 Å². The lowest BCUT2D eigenvalue weighted by Gasteiger charge is -2.62. The van der Waals surface area contributed by atoms with Gasteiger partial charge in [0.2, 0.25) is 11.6 Å². The van der Waals surface area contributed by atoms with Gasteiger partial charge in [-0.25, -0.2) is 24.3 Å². The van der Waals surface area contributed by atoms with E-state index in [-0.39, 0.29) is 41.6 Å². The zero-order valence-electron chi connectivity index (χ0n) is 26.8. The number of nitrogens with one attached hydrogen (secondary N) is 1. The molecule has 0 aromatic heterocycles. The van der Waals surface area contributed by atoms with Gasteiger partial charge in [-0.2, -0.15) is 0 Å². The Morgan fingerprint density at radius 2 is 1.11 bits per heavy atom. The number of cyclic esters (lactones) is 1. The van der Waals surface area contributed by atoms with Crippen LogP contribution in [0.4, 0.5) is 4.79 Å². The van der Waals surface area contributed by atoms with Crippen LogP contribution in [0.5, 0.6) is 0 Å². The minimum Gasteiger partial charge on any atom is -0.441 e. The second-order valence-corrected chi connectivity index (χ2v) is 16.3. The molecule has 18 atom stereocenters. The summed E-state index contributed by atoms with van der Waals surface area (Å²) >= 11 is 0. The highest BCUT2D eigenvalue weighted by Gasteiger charge is 2.73. The van der Waals surface area contributed by atoms with E-state index in [2.05, 4.69) is 33.0 Å². The third-order valence-electron chi connectivity index (χ3n) is 14.0. The van der Waals surface area contributed by atoms with Crippen LogP contribution in [-0.4, -0.2) is 65.8 Å². The molecular weight excluding hydrogens is 570 g/mol. The number of hydrogen-bond donors (Lipinski definition) is 1. The molecule has 4 bridgehead atoms. The van der Waals surface area contributed by atoms with Crippen LogP contribution in [0.3, 0.4) is 0 Å². The molecule has 11 rings (SSSR count). The lowest BCUT2D eigenvalue weighted by molar-refractivity contribution is -0.573. The summed E-state index contributed by atoms with van der Waals surface area (Å²) in [7, 11) is 0. The Bertz CT molecular complexity index is 1120. The fraction of sp³-hybridized carbons (Fsp3) is 0.970. The summed E-state index contributed by atoms with van der Waals surface area (Å²) in [5.41, 5.74) is -1.35. The zero-order valence-corrected chi connectivity index (χ0v) is 26.8. The Morgan fingerprint density at radius 1 is 0.614 bits per heavy atom. The van der Waals surface area contributed by atoms with Crippen molar-refractivity contribution >= 4 is 6.09 Å². The molecule has 1 N–H and O–H groups in total. The van der Waals surface area contributed by atoms with Gasteiger partial charge >= 0.3 is 6.09 Å². The first-order chi connectivity index (χ1) is 21.0. The van der Waals surface area contributed by atoms with Crippen LogP contribution in [0.2, 0.25) is 0 Å². The summed E-state index contributed by atoms with van der Waals surface area (Å²) in [5.74, 6) is 0.119. The van der Waals surface area contributed by atoms with Gasteiger partial charge in [-0.3, -0.25) is 0 Å². The molecule has 9 heterocycles. The van der Waals surface area contributed by atoms with Gasteiger partial charge in [-0.05, 0) is 87.9 Å². The van der Waals surface area contributed by atoms with Gasteiger partial charge in [0.05, 0.1) is 12.1 Å². The highest BCUT2D eigenvalue weighted by Crippen LogP contribution is 2.63. The number of carbonyl (C=O) groups excluding carboxylic acids is 1. The van der Waals surface area contributed by atoms with E-state index in [1.807, 2.05) is 13.8 Å². The van der Waals surface area contributed by atoms with E-state index in [0.717, 1.165) is 51.4 Å². The normalized spacial score (nSPS) is 62.5. The van der Waals surface area contributed by atoms with Crippen molar-refractivity contribution in [3.63, 3.8) is 0 Å². The molecule has 2 aliphatic carbocycles. The molecule has 11 nitrogen and oxygen atoms in total. The molecule has 9 aliphatic heterocycles. The fourth-order valence-electron chi connectivity index (χ4n) is 11.6. The highest BCUT2D eigenvalue weighted by atomic mass is 17.3. The second kappa shape index (κ2) is 9.52. The first-order valence-electron chi connectivity index (χ1n) is 17.4. The molecule has 0 radical (unpaired) electrons. The predicted molar refractivity (Wildman–Crippen MR) is 151 cm³/mol. The Balaban J connectivity index is 1.05. The standard InChI is InChI=1S/C33H49NO10/c1-15-7-9-21-17(3)24(36-27-32(21)19(15)11-13-30(5,39-27)41-43-32)23-26(38-29(35)34-23)25-18(4)22-10-8-16(2)20-12-14-31(6)40-28(37-25)33(20,22)44-42-31/h15-28H,7-14H2,1-6H3,(H,34,35)/t15-,16-,17-,18-,19+,20+,21+,22+,23?,24+,25+,26?,27-,28-,30+,31+,32-,33-/m1/s1. The third-order valence-corrected chi connectivity index (χ3v) is 14.0. The first kappa shape index (κ1) is 29.1. The minimum atomic E-state index is -0.870. The molecule has 9 saturated heterocycles. The minimum absolute atomic E-state index is 0.0297. The van der Waals surface area contributed by atoms with Crippen LogP contribution in [0.15, 0.2) is 0 Å². The summed E-state index contributed by atoms with van der Waals surface area (Å²) in [6.07, 6.45) is 4.65. The zero-order chi connectivity index (χ0) is 30.4. The van der Waals surface area contributed by atoms with Crippen LogP contribution in [0.1, 0.15) is 92.9 Å². The maximum absolute atomic E-state index is 13.1. The molecule has 11 fully saturated rings. The molecule has 2 saturated carbocycles. The molecule has 246 valence electrons. The molecule has 11 aliphatic rings. The van der Waals surface area contributed by atoms with Gasteiger partial charge in [0.1, 0.15) is 6.10 Å². The van der Waals surface area contributed by atoms with Gasteiger partial charge in [-0.15, -0.1) is 0 Å². The van der Waals surface area contributed by atoms with Crippen LogP contribution in [0, 0.1) is 47.3 Å². The summed E-state index contributed by atoms with van der Waals surface area (Å²) in [6.45, 7) is 12.9. The molecule has 2 unspecified atom stereocenters. The maximum atomic E-state index is 13.1. The van der Waals surface area contributed by atoms with Crippen molar-refractivity contribution in [1.29, 1.82) is 0 Å². The van der Waals surface area contributed by atoms with Crippen molar-refractivity contribution in [3.05, 3.63) is 0 Å². The van der Waals surface area contributed by atoms with E-state index >= 15 is 0 Å². The van der Waals surface area contributed by atoms with Crippen LogP contribution in [0.25, 0.3) is 0 Å². The van der Waals surface area contributed by atoms with Gasteiger partial charge in [0, 0.05) is 24.7 Å². The molecule has 44 heavy (non-hydrogen) atoms. The number of carbonyl (C=O) groups is 1. The molecule has 0 aromatic carbocycles. The van der Waals surface area contributed by atoms with E-state index in [4.69, 9.17) is 43.2 Å². The van der Waals surface area contributed by atoms with Gasteiger partial charge in [-0.1, -0.05) is 27.7 Å². The smallest absolute Gasteiger partial charge is 0.408 e. The number of hydrogen-bond acceptors (Lipinski definition) is 10. The fourth-order valence-corrected chi connectivity index (χ4v) is 11.6. The van der Waals surface area contributed by atoms with Crippen molar-refractivity contribution in [3.8, 4) is 0 Å². The third kappa shape index (κ3) is 3.70. The number of ether oxygens (including phenoxy) is 5. The van der Waals surface area contributed by atoms with Crippen LogP contribution in [-0.2, 0) is 43.2 Å². The van der Waals surface area contributed by atoms with E-state index < -0.39 is 59.7 Å². The summed E-state index contributed by atoms with van der Waals surface area (Å²) in [6, 6.07) is -0.428. The summed E-state index contributed by atoms with van der Waals surface area (Å²) in [4.78, 5) is 37.9. The lowest BCUT2D eigenvalue weighted by atomic mass is 9.56. The van der Waals surface area contributed by atoms with E-state index in [1.54, 1.807) is 0 Å². The molecule has 11 heteroatoms. The number of amides is 1. The molecule has 2 spiro atoms. The number of rotatable bonds is 2. The Kier molecular flexibility index (Phi) is 6.30. The topological polar surface area (TPSA) is 112 Å². The molecular formula is C33H49NO10. The summed E-state index contributed by atoms with van der Waals surface area (Å²) < 4.78 is 33.3. The number of fused-ring (bicyclic) bond motifs is 4. The number of alkyl carbamates (subject to hydrolysis) is 1. The monoisotopic (exact) mass is 619 g/mol. The second-order valence-electron chi connectivity index (χ2n) is 16.3. The van der Waals surface area contributed by atoms with Crippen LogP contribution < -0.4 is 5.32 Å². The lowest BCUT2D eigenvalue weighted by Crippen LogP contribution is -2.74. The average molecular weight is 620 g/mol. The predicted octanol–water partition coefficient (Wildman–Crippen LogP) is 4.96. The van der Waals surface area contributed by atoms with E-state index in [0.29, 0.717) is 11.8 Å². The van der Waals surface area contributed by atoms with Crippen molar-refractivity contribution in [2.75, 3.05) is 0 Å². The highest BCUT2D eigenvalue weighted by molar-refractivity contribution is 5.70. The van der Waals surface area contributed by atoms with Crippen molar-refractivity contribution in [1.82, 2.24) is 5.32 Å². The molecule has 1 amide bonds. The Morgan fingerprint density at radius 3 is 1.66 bits per heavy atom. The largest absolute Gasteiger partial charge is 0.441 e. The average Bonchev–Trinajstić information content (AvgIpc) is 3.08.